The summed E-state index contributed by atoms with van der Waals surface area (Å²) in [5, 5.41) is 3.01. The fourth-order valence-corrected chi connectivity index (χ4v) is 6.16. The number of hydrogen-bond acceptors (Lipinski definition) is 3. The van der Waals surface area contributed by atoms with Gasteiger partial charge in [0, 0.05) is 26.3 Å². The van der Waals surface area contributed by atoms with Gasteiger partial charge in [-0.3, -0.25) is 9.69 Å². The van der Waals surface area contributed by atoms with E-state index >= 15 is 0 Å². The van der Waals surface area contributed by atoms with E-state index in [2.05, 4.69) is 10.2 Å². The topological polar surface area (TPSA) is 60.8 Å². The molecular formula is C28H39N5O2. The van der Waals surface area contributed by atoms with Gasteiger partial charge in [-0.1, -0.05) is 25.0 Å². The third-order valence-electron chi connectivity index (χ3n) is 7.94. The Hall–Kier alpha value is -2.80. The number of urea groups is 1. The van der Waals surface area contributed by atoms with Crippen molar-refractivity contribution in [3.05, 3.63) is 41.7 Å². The molecule has 1 aromatic carbocycles. The lowest BCUT2D eigenvalue weighted by atomic mass is 9.92. The van der Waals surface area contributed by atoms with Crippen molar-refractivity contribution >= 4 is 29.0 Å². The minimum Gasteiger partial charge on any atom is -0.345 e. The molecule has 3 aliphatic heterocycles. The van der Waals surface area contributed by atoms with Gasteiger partial charge in [-0.25, -0.2) is 4.79 Å². The van der Waals surface area contributed by atoms with E-state index in [1.54, 1.807) is 4.90 Å². The quantitative estimate of drug-likeness (QED) is 0.577. The predicted molar refractivity (Wildman–Crippen MR) is 141 cm³/mol. The van der Waals surface area contributed by atoms with Gasteiger partial charge in [0.2, 0.25) is 0 Å². The smallest absolute Gasteiger partial charge is 0.329 e. The summed E-state index contributed by atoms with van der Waals surface area (Å²) in [6.45, 7) is 7.29. The van der Waals surface area contributed by atoms with E-state index in [0.717, 1.165) is 30.8 Å². The minimum atomic E-state index is -0.177. The van der Waals surface area contributed by atoms with Crippen molar-refractivity contribution in [1.82, 2.24) is 14.4 Å². The molecule has 0 radical (unpaired) electrons. The molecule has 0 saturated carbocycles. The summed E-state index contributed by atoms with van der Waals surface area (Å²) in [7, 11) is 1.87. The largest absolute Gasteiger partial charge is 0.345 e. The van der Waals surface area contributed by atoms with E-state index in [-0.39, 0.29) is 11.9 Å². The summed E-state index contributed by atoms with van der Waals surface area (Å²) >= 11 is 0. The summed E-state index contributed by atoms with van der Waals surface area (Å²) in [4.78, 5) is 33.6. The van der Waals surface area contributed by atoms with Gasteiger partial charge < -0.3 is 19.7 Å². The first-order valence-corrected chi connectivity index (χ1v) is 13.4. The minimum absolute atomic E-state index is 0.0254. The normalized spacial score (nSPS) is 20.7. The van der Waals surface area contributed by atoms with Crippen LogP contribution in [0.25, 0.3) is 0 Å². The van der Waals surface area contributed by atoms with Crippen molar-refractivity contribution in [2.24, 2.45) is 13.0 Å². The van der Waals surface area contributed by atoms with Crippen LogP contribution in [-0.4, -0.2) is 59.0 Å². The van der Waals surface area contributed by atoms with E-state index in [1.807, 2.05) is 53.9 Å². The lowest BCUT2D eigenvalue weighted by molar-refractivity contribution is 0.102. The average molecular weight is 478 g/mol. The molecule has 2 fully saturated rings. The van der Waals surface area contributed by atoms with Crippen LogP contribution in [0.5, 0.6) is 0 Å². The number of rotatable bonds is 5. The molecule has 0 bridgehead atoms. The van der Waals surface area contributed by atoms with Gasteiger partial charge in [-0.05, 0) is 88.7 Å². The van der Waals surface area contributed by atoms with Crippen LogP contribution in [0, 0.1) is 12.8 Å². The van der Waals surface area contributed by atoms with Crippen molar-refractivity contribution in [2.75, 3.05) is 42.9 Å². The van der Waals surface area contributed by atoms with E-state index in [0.29, 0.717) is 23.0 Å². The number of hydrogen-bond donors (Lipinski definition) is 1. The zero-order chi connectivity index (χ0) is 24.4. The maximum absolute atomic E-state index is 14.1. The second-order valence-electron chi connectivity index (χ2n) is 10.6. The van der Waals surface area contributed by atoms with Crippen LogP contribution in [-0.2, 0) is 7.05 Å². The number of piperidine rings is 2. The van der Waals surface area contributed by atoms with Gasteiger partial charge in [0.15, 0.2) is 0 Å². The van der Waals surface area contributed by atoms with Crippen LogP contribution in [0.2, 0.25) is 0 Å². The summed E-state index contributed by atoms with van der Waals surface area (Å²) < 4.78 is 1.83. The van der Waals surface area contributed by atoms with Gasteiger partial charge in [-0.2, -0.15) is 0 Å². The Labute approximate surface area is 209 Å². The third-order valence-corrected chi connectivity index (χ3v) is 7.94. The Bertz CT molecular complexity index is 1070. The Kier molecular flexibility index (Phi) is 7.14. The van der Waals surface area contributed by atoms with Crippen molar-refractivity contribution in [1.29, 1.82) is 0 Å². The van der Waals surface area contributed by atoms with Gasteiger partial charge in [0.25, 0.3) is 5.91 Å². The fourth-order valence-electron chi connectivity index (χ4n) is 6.16. The molecule has 1 atom stereocenters. The number of unbranched alkanes of at least 4 members (excludes halogenated alkanes) is 1. The zero-order valence-electron chi connectivity index (χ0n) is 21.3. The molecule has 0 aliphatic carbocycles. The number of para-hydroxylation sites is 2. The van der Waals surface area contributed by atoms with Crippen LogP contribution in [0.4, 0.5) is 21.9 Å². The van der Waals surface area contributed by atoms with Gasteiger partial charge in [-0.15, -0.1) is 0 Å². The number of benzene rings is 1. The Morgan fingerprint density at radius 2 is 1.86 bits per heavy atom. The lowest BCUT2D eigenvalue weighted by Crippen LogP contribution is -2.46. The SMILES string of the molecule is Cc1cn(C)c2c1N(C(=O)N1CCCC(CCCCN3CCCCC3)C1)c1ccccc1NC2=O. The van der Waals surface area contributed by atoms with Crippen molar-refractivity contribution < 1.29 is 9.59 Å². The summed E-state index contributed by atoms with van der Waals surface area (Å²) in [5.74, 6) is 0.371. The third kappa shape index (κ3) is 4.96. The highest BCUT2D eigenvalue weighted by atomic mass is 16.2. The molecule has 3 amide bonds. The molecule has 1 N–H and O–H groups in total. The Morgan fingerprint density at radius 1 is 1.06 bits per heavy atom. The van der Waals surface area contributed by atoms with E-state index in [4.69, 9.17) is 0 Å². The molecule has 2 saturated heterocycles. The van der Waals surface area contributed by atoms with Gasteiger partial charge in [0.05, 0.1) is 17.1 Å². The van der Waals surface area contributed by atoms with E-state index in [9.17, 15) is 9.59 Å². The molecule has 35 heavy (non-hydrogen) atoms. The van der Waals surface area contributed by atoms with Crippen LogP contribution < -0.4 is 10.2 Å². The molecule has 188 valence electrons. The molecule has 3 aliphatic rings. The number of fused-ring (bicyclic) bond motifs is 2. The highest BCUT2D eigenvalue weighted by Crippen LogP contribution is 2.41. The maximum atomic E-state index is 14.1. The first kappa shape index (κ1) is 23.9. The fraction of sp³-hybridized carbons (Fsp3) is 0.571. The first-order valence-electron chi connectivity index (χ1n) is 13.4. The number of amides is 3. The number of carbonyl (C=O) groups is 2. The van der Waals surface area contributed by atoms with Gasteiger partial charge in [0.1, 0.15) is 5.69 Å². The van der Waals surface area contributed by atoms with Gasteiger partial charge >= 0.3 is 6.03 Å². The van der Waals surface area contributed by atoms with E-state index in [1.165, 1.54) is 64.6 Å². The molecule has 5 rings (SSSR count). The zero-order valence-corrected chi connectivity index (χ0v) is 21.3. The van der Waals surface area contributed by atoms with E-state index < -0.39 is 0 Å². The number of aromatic nitrogens is 1. The highest BCUT2D eigenvalue weighted by Gasteiger charge is 2.36. The second-order valence-corrected chi connectivity index (χ2v) is 10.6. The molecular weight excluding hydrogens is 438 g/mol. The number of likely N-dealkylation sites (tertiary alicyclic amines) is 2. The number of anilines is 3. The average Bonchev–Trinajstić information content (AvgIpc) is 3.09. The van der Waals surface area contributed by atoms with Crippen LogP contribution >= 0.6 is 0 Å². The van der Waals surface area contributed by atoms with Crippen molar-refractivity contribution in [3.63, 3.8) is 0 Å². The maximum Gasteiger partial charge on any atom is 0.329 e. The molecule has 4 heterocycles. The molecule has 1 aromatic heterocycles. The standard InChI is InChI=1S/C28H39N5O2/c1-21-19-30(2)26-25(21)33(24-14-5-4-13-23(24)29-27(26)34)28(35)32-18-10-12-22(20-32)11-6-9-17-31-15-7-3-8-16-31/h4-5,13-14,19,22H,3,6-12,15-18,20H2,1-2H3,(H,29,34). The summed E-state index contributed by atoms with van der Waals surface area (Å²) in [6, 6.07) is 7.59. The highest BCUT2D eigenvalue weighted by molar-refractivity contribution is 6.17. The summed E-state index contributed by atoms with van der Waals surface area (Å²) in [5.41, 5.74) is 3.56. The van der Waals surface area contributed by atoms with Crippen LogP contribution in [0.3, 0.4) is 0 Å². The van der Waals surface area contributed by atoms with Crippen molar-refractivity contribution in [2.45, 2.75) is 58.3 Å². The molecule has 0 spiro atoms. The Balaban J connectivity index is 1.30. The first-order chi connectivity index (χ1) is 17.0. The number of nitrogens with zero attached hydrogens (tertiary/aromatic N) is 4. The second kappa shape index (κ2) is 10.4. The number of carbonyl (C=O) groups excluding carboxylic acids is 2. The van der Waals surface area contributed by atoms with Crippen LogP contribution in [0.15, 0.2) is 30.5 Å². The molecule has 7 heteroatoms. The number of aryl methyl sites for hydroxylation is 2. The number of nitrogens with one attached hydrogen (secondary N) is 1. The molecule has 2 aromatic rings. The Morgan fingerprint density at radius 3 is 2.69 bits per heavy atom. The molecule has 1 unspecified atom stereocenters. The van der Waals surface area contributed by atoms with Crippen LogP contribution in [0.1, 0.15) is 67.4 Å². The predicted octanol–water partition coefficient (Wildman–Crippen LogP) is 5.53. The van der Waals surface area contributed by atoms with Crippen molar-refractivity contribution in [3.8, 4) is 0 Å². The summed E-state index contributed by atoms with van der Waals surface area (Å²) in [6.07, 6.45) is 11.9. The monoisotopic (exact) mass is 477 g/mol. The lowest BCUT2D eigenvalue weighted by Gasteiger charge is -2.37. The molecule has 7 nitrogen and oxygen atoms in total.